The van der Waals surface area contributed by atoms with Crippen LogP contribution in [0.5, 0.6) is 5.75 Å². The lowest BCUT2D eigenvalue weighted by molar-refractivity contribution is 0.194. The Bertz CT molecular complexity index is 574. The molecule has 1 heterocycles. The predicted molar refractivity (Wildman–Crippen MR) is 94.6 cm³/mol. The highest BCUT2D eigenvalue weighted by Gasteiger charge is 2.17. The van der Waals surface area contributed by atoms with Crippen molar-refractivity contribution in [3.63, 3.8) is 0 Å². The number of piperidine rings is 1. The third kappa shape index (κ3) is 4.81. The van der Waals surface area contributed by atoms with Crippen LogP contribution < -0.4 is 10.1 Å². The fourth-order valence-electron chi connectivity index (χ4n) is 3.07. The van der Waals surface area contributed by atoms with Gasteiger partial charge >= 0.3 is 0 Å². The maximum atomic E-state index is 5.84. The van der Waals surface area contributed by atoms with Gasteiger partial charge in [-0.15, -0.1) is 0 Å². The quantitative estimate of drug-likeness (QED) is 0.884. The molecule has 0 aromatic heterocycles. The number of likely N-dealkylation sites (tertiary alicyclic amines) is 1. The van der Waals surface area contributed by atoms with Crippen LogP contribution in [0.2, 0.25) is 0 Å². The molecule has 1 N–H and O–H groups in total. The van der Waals surface area contributed by atoms with E-state index in [1.807, 2.05) is 18.2 Å². The molecule has 23 heavy (non-hydrogen) atoms. The Labute approximate surface area is 139 Å². The summed E-state index contributed by atoms with van der Waals surface area (Å²) in [5.41, 5.74) is 2.56. The van der Waals surface area contributed by atoms with Crippen molar-refractivity contribution in [1.82, 2.24) is 10.2 Å². The molecule has 0 bridgehead atoms. The van der Waals surface area contributed by atoms with E-state index < -0.39 is 0 Å². The van der Waals surface area contributed by atoms with Gasteiger partial charge in [-0.3, -0.25) is 4.90 Å². The average Bonchev–Trinajstić information content (AvgIpc) is 2.63. The Morgan fingerprint density at radius 2 is 1.65 bits per heavy atom. The Morgan fingerprint density at radius 3 is 2.30 bits per heavy atom. The highest BCUT2D eigenvalue weighted by molar-refractivity contribution is 5.27. The fourth-order valence-corrected chi connectivity index (χ4v) is 3.07. The van der Waals surface area contributed by atoms with Gasteiger partial charge in [-0.25, -0.2) is 0 Å². The zero-order chi connectivity index (χ0) is 15.9. The first kappa shape index (κ1) is 16.0. The third-order valence-corrected chi connectivity index (χ3v) is 4.57. The summed E-state index contributed by atoms with van der Waals surface area (Å²) in [6, 6.07) is 19.5. The van der Waals surface area contributed by atoms with Crippen molar-refractivity contribution in [1.29, 1.82) is 0 Å². The molecule has 1 aliphatic heterocycles. The third-order valence-electron chi connectivity index (χ3n) is 4.57. The molecule has 0 radical (unpaired) electrons. The molecule has 3 heteroatoms. The molecule has 0 unspecified atom stereocenters. The molecule has 1 fully saturated rings. The molecule has 122 valence electrons. The van der Waals surface area contributed by atoms with Gasteiger partial charge in [0.05, 0.1) is 0 Å². The summed E-state index contributed by atoms with van der Waals surface area (Å²) in [5.74, 6) is 0.937. The van der Waals surface area contributed by atoms with Crippen LogP contribution in [0.25, 0.3) is 0 Å². The van der Waals surface area contributed by atoms with E-state index >= 15 is 0 Å². The van der Waals surface area contributed by atoms with E-state index in [0.29, 0.717) is 12.6 Å². The van der Waals surface area contributed by atoms with E-state index in [2.05, 4.69) is 53.7 Å². The molecule has 0 atom stereocenters. The maximum Gasteiger partial charge on any atom is 0.119 e. The molecular weight excluding hydrogens is 284 g/mol. The Morgan fingerprint density at radius 1 is 0.957 bits per heavy atom. The second-order valence-corrected chi connectivity index (χ2v) is 6.26. The van der Waals surface area contributed by atoms with Crippen LogP contribution in [0, 0.1) is 0 Å². The van der Waals surface area contributed by atoms with E-state index in [9.17, 15) is 0 Å². The minimum absolute atomic E-state index is 0.623. The molecule has 2 aromatic rings. The van der Waals surface area contributed by atoms with E-state index in [0.717, 1.165) is 12.3 Å². The molecule has 1 saturated heterocycles. The van der Waals surface area contributed by atoms with Crippen molar-refractivity contribution in [2.75, 3.05) is 20.1 Å². The predicted octanol–water partition coefficient (Wildman–Crippen LogP) is 3.45. The molecule has 1 aliphatic rings. The largest absolute Gasteiger partial charge is 0.489 e. The normalized spacial score (nSPS) is 16.4. The molecule has 0 saturated carbocycles. The zero-order valence-electron chi connectivity index (χ0n) is 13.9. The number of nitrogens with one attached hydrogen (secondary N) is 1. The van der Waals surface area contributed by atoms with Crippen LogP contribution >= 0.6 is 0 Å². The van der Waals surface area contributed by atoms with Crippen molar-refractivity contribution in [3.8, 4) is 5.75 Å². The summed E-state index contributed by atoms with van der Waals surface area (Å²) in [4.78, 5) is 2.54. The highest BCUT2D eigenvalue weighted by Crippen LogP contribution is 2.17. The Balaban J connectivity index is 1.47. The van der Waals surface area contributed by atoms with E-state index in [1.165, 1.54) is 37.1 Å². The van der Waals surface area contributed by atoms with Crippen molar-refractivity contribution >= 4 is 0 Å². The minimum atomic E-state index is 0.623. The standard InChI is InChI=1S/C20H26N2O/c1-21-19-11-13-22(14-12-19)15-17-7-9-20(10-8-17)23-16-18-5-3-2-4-6-18/h2-10,19,21H,11-16H2,1H3. The van der Waals surface area contributed by atoms with Gasteiger partial charge in [0.2, 0.25) is 0 Å². The van der Waals surface area contributed by atoms with Crippen LogP contribution in [0.1, 0.15) is 24.0 Å². The minimum Gasteiger partial charge on any atom is -0.489 e. The molecule has 3 rings (SSSR count). The van der Waals surface area contributed by atoms with Gasteiger partial charge < -0.3 is 10.1 Å². The van der Waals surface area contributed by atoms with Crippen LogP contribution in [-0.4, -0.2) is 31.1 Å². The number of hydrogen-bond acceptors (Lipinski definition) is 3. The summed E-state index contributed by atoms with van der Waals surface area (Å²) >= 11 is 0. The van der Waals surface area contributed by atoms with Gasteiger partial charge in [0.25, 0.3) is 0 Å². The lowest BCUT2D eigenvalue weighted by Crippen LogP contribution is -2.40. The summed E-state index contributed by atoms with van der Waals surface area (Å²) in [7, 11) is 2.06. The first-order valence-electron chi connectivity index (χ1n) is 8.49. The Kier molecular flexibility index (Phi) is 5.67. The van der Waals surface area contributed by atoms with Crippen molar-refractivity contribution < 1.29 is 4.74 Å². The second kappa shape index (κ2) is 8.14. The summed E-state index contributed by atoms with van der Waals surface area (Å²) in [6.07, 6.45) is 2.49. The van der Waals surface area contributed by atoms with Crippen molar-refractivity contribution in [2.45, 2.75) is 32.0 Å². The first-order valence-corrected chi connectivity index (χ1v) is 8.49. The maximum absolute atomic E-state index is 5.84. The van der Waals surface area contributed by atoms with E-state index in [4.69, 9.17) is 4.74 Å². The van der Waals surface area contributed by atoms with E-state index in [1.54, 1.807) is 0 Å². The smallest absolute Gasteiger partial charge is 0.119 e. The van der Waals surface area contributed by atoms with Crippen LogP contribution in [0.15, 0.2) is 54.6 Å². The SMILES string of the molecule is CNC1CCN(Cc2ccc(OCc3ccccc3)cc2)CC1. The van der Waals surface area contributed by atoms with Gasteiger partial charge in [-0.1, -0.05) is 42.5 Å². The lowest BCUT2D eigenvalue weighted by atomic mass is 10.0. The average molecular weight is 310 g/mol. The van der Waals surface area contributed by atoms with Gasteiger partial charge in [0, 0.05) is 12.6 Å². The number of rotatable bonds is 6. The molecule has 0 spiro atoms. The van der Waals surface area contributed by atoms with Gasteiger partial charge in [0.15, 0.2) is 0 Å². The molecule has 2 aromatic carbocycles. The first-order chi connectivity index (χ1) is 11.3. The number of nitrogens with zero attached hydrogens (tertiary/aromatic N) is 1. The summed E-state index contributed by atoms with van der Waals surface area (Å²) in [5, 5.41) is 3.38. The zero-order valence-corrected chi connectivity index (χ0v) is 13.9. The summed E-state index contributed by atoms with van der Waals surface area (Å²) < 4.78 is 5.84. The number of hydrogen-bond donors (Lipinski definition) is 1. The number of ether oxygens (including phenoxy) is 1. The van der Waals surface area contributed by atoms with Gasteiger partial charge in [-0.05, 0) is 56.2 Å². The fraction of sp³-hybridized carbons (Fsp3) is 0.400. The van der Waals surface area contributed by atoms with Crippen LogP contribution in [-0.2, 0) is 13.2 Å². The van der Waals surface area contributed by atoms with Crippen molar-refractivity contribution in [3.05, 3.63) is 65.7 Å². The topological polar surface area (TPSA) is 24.5 Å². The van der Waals surface area contributed by atoms with Crippen molar-refractivity contribution in [2.24, 2.45) is 0 Å². The van der Waals surface area contributed by atoms with Crippen LogP contribution in [0.4, 0.5) is 0 Å². The highest BCUT2D eigenvalue weighted by atomic mass is 16.5. The molecule has 0 aliphatic carbocycles. The second-order valence-electron chi connectivity index (χ2n) is 6.26. The number of benzene rings is 2. The van der Waals surface area contributed by atoms with Gasteiger partial charge in [0.1, 0.15) is 12.4 Å². The van der Waals surface area contributed by atoms with Crippen LogP contribution in [0.3, 0.4) is 0 Å². The Hall–Kier alpha value is -1.84. The summed E-state index contributed by atoms with van der Waals surface area (Å²) in [6.45, 7) is 4.02. The molecular formula is C20H26N2O. The van der Waals surface area contributed by atoms with Gasteiger partial charge in [-0.2, -0.15) is 0 Å². The molecule has 3 nitrogen and oxygen atoms in total. The lowest BCUT2D eigenvalue weighted by Gasteiger charge is -2.31. The monoisotopic (exact) mass is 310 g/mol. The van der Waals surface area contributed by atoms with E-state index in [-0.39, 0.29) is 0 Å². The molecule has 0 amide bonds.